The van der Waals surface area contributed by atoms with Gasteiger partial charge in [-0.2, -0.15) is 5.26 Å². The summed E-state index contributed by atoms with van der Waals surface area (Å²) in [7, 11) is 0. The van der Waals surface area contributed by atoms with Gasteiger partial charge in [-0.3, -0.25) is 0 Å². The van der Waals surface area contributed by atoms with E-state index in [4.69, 9.17) is 10.00 Å². The Morgan fingerprint density at radius 1 is 1.73 bits per heavy atom. The number of thiocyanates is 1. The van der Waals surface area contributed by atoms with Crippen molar-refractivity contribution in [3.05, 3.63) is 0 Å². The standard InChI is InChI=1S/C8H13NOS/c1-8(2)4-3-7(10-8)5-11-6-9/h7H,3-5H2,1-2H3/t7-/m1/s1. The molecule has 1 fully saturated rings. The van der Waals surface area contributed by atoms with Crippen LogP contribution in [-0.4, -0.2) is 17.5 Å². The number of thioether (sulfide) groups is 1. The van der Waals surface area contributed by atoms with Crippen LogP contribution >= 0.6 is 11.8 Å². The lowest BCUT2D eigenvalue weighted by atomic mass is 10.1. The normalized spacial score (nSPS) is 28.3. The molecule has 11 heavy (non-hydrogen) atoms. The van der Waals surface area contributed by atoms with E-state index in [-0.39, 0.29) is 5.60 Å². The molecule has 0 N–H and O–H groups in total. The number of hydrogen-bond donors (Lipinski definition) is 0. The van der Waals surface area contributed by atoms with Gasteiger partial charge in [0.15, 0.2) is 0 Å². The first-order chi connectivity index (χ1) is 5.14. The number of ether oxygens (including phenoxy) is 1. The molecule has 1 aliphatic rings. The number of rotatable bonds is 2. The SMILES string of the molecule is CC1(C)CC[C@H](CSC#N)O1. The van der Waals surface area contributed by atoms with Gasteiger partial charge >= 0.3 is 0 Å². The predicted molar refractivity (Wildman–Crippen MR) is 46.3 cm³/mol. The molecule has 0 unspecified atom stereocenters. The van der Waals surface area contributed by atoms with Crippen molar-refractivity contribution < 1.29 is 4.74 Å². The molecule has 0 aromatic carbocycles. The molecule has 2 nitrogen and oxygen atoms in total. The van der Waals surface area contributed by atoms with Crippen molar-refractivity contribution in [1.82, 2.24) is 0 Å². The molecule has 1 heterocycles. The minimum absolute atomic E-state index is 0.0423. The summed E-state index contributed by atoms with van der Waals surface area (Å²) in [5, 5.41) is 10.4. The Bertz CT molecular complexity index is 173. The first kappa shape index (κ1) is 8.89. The van der Waals surface area contributed by atoms with Gasteiger partial charge in [-0.15, -0.1) is 0 Å². The highest BCUT2D eigenvalue weighted by Crippen LogP contribution is 2.30. The lowest BCUT2D eigenvalue weighted by molar-refractivity contribution is -0.00460. The summed E-state index contributed by atoms with van der Waals surface area (Å²) in [6, 6.07) is 0. The van der Waals surface area contributed by atoms with Crippen LogP contribution in [0.1, 0.15) is 26.7 Å². The van der Waals surface area contributed by atoms with E-state index in [2.05, 4.69) is 19.2 Å². The molecule has 62 valence electrons. The summed E-state index contributed by atoms with van der Waals surface area (Å²) < 4.78 is 5.68. The smallest absolute Gasteiger partial charge is 0.133 e. The Hall–Kier alpha value is -0.200. The van der Waals surface area contributed by atoms with Crippen LogP contribution in [0.2, 0.25) is 0 Å². The molecule has 1 rings (SSSR count). The molecule has 0 aromatic heterocycles. The summed E-state index contributed by atoms with van der Waals surface area (Å²) >= 11 is 1.29. The second-order valence-corrected chi connectivity index (χ2v) is 4.25. The van der Waals surface area contributed by atoms with Crippen LogP contribution in [0.15, 0.2) is 0 Å². The zero-order valence-electron chi connectivity index (χ0n) is 6.96. The Balaban J connectivity index is 2.26. The van der Waals surface area contributed by atoms with E-state index in [1.807, 2.05) is 0 Å². The first-order valence-electron chi connectivity index (χ1n) is 3.83. The predicted octanol–water partition coefficient (Wildman–Crippen LogP) is 2.16. The van der Waals surface area contributed by atoms with Gasteiger partial charge in [-0.25, -0.2) is 0 Å². The largest absolute Gasteiger partial charge is 0.371 e. The molecule has 0 aromatic rings. The lowest BCUT2D eigenvalue weighted by Gasteiger charge is -2.18. The van der Waals surface area contributed by atoms with Gasteiger partial charge in [0.05, 0.1) is 11.7 Å². The van der Waals surface area contributed by atoms with Gasteiger partial charge in [-0.05, 0) is 38.5 Å². The van der Waals surface area contributed by atoms with Crippen molar-refractivity contribution in [3.63, 3.8) is 0 Å². The van der Waals surface area contributed by atoms with E-state index in [0.29, 0.717) is 6.10 Å². The van der Waals surface area contributed by atoms with Crippen molar-refractivity contribution >= 4 is 11.8 Å². The van der Waals surface area contributed by atoms with E-state index in [1.165, 1.54) is 11.8 Å². The van der Waals surface area contributed by atoms with E-state index in [9.17, 15) is 0 Å². The summed E-state index contributed by atoms with van der Waals surface area (Å²) in [6.45, 7) is 4.20. The Labute approximate surface area is 71.9 Å². The molecular formula is C8H13NOS. The molecule has 0 aliphatic carbocycles. The third-order valence-corrected chi connectivity index (χ3v) is 2.56. The fourth-order valence-corrected chi connectivity index (χ4v) is 1.82. The highest BCUT2D eigenvalue weighted by Gasteiger charge is 2.31. The monoisotopic (exact) mass is 171 g/mol. The first-order valence-corrected chi connectivity index (χ1v) is 4.81. The van der Waals surface area contributed by atoms with Crippen LogP contribution in [0.3, 0.4) is 0 Å². The molecular weight excluding hydrogens is 158 g/mol. The number of nitrogens with zero attached hydrogens (tertiary/aromatic N) is 1. The van der Waals surface area contributed by atoms with Crippen LogP contribution in [0.25, 0.3) is 0 Å². The van der Waals surface area contributed by atoms with E-state index in [1.54, 1.807) is 0 Å². The topological polar surface area (TPSA) is 33.0 Å². The van der Waals surface area contributed by atoms with E-state index < -0.39 is 0 Å². The summed E-state index contributed by atoms with van der Waals surface area (Å²) in [4.78, 5) is 0. The third-order valence-electron chi connectivity index (χ3n) is 1.89. The van der Waals surface area contributed by atoms with E-state index >= 15 is 0 Å². The highest BCUT2D eigenvalue weighted by atomic mass is 32.2. The van der Waals surface area contributed by atoms with Crippen molar-refractivity contribution in [2.24, 2.45) is 0 Å². The van der Waals surface area contributed by atoms with Crippen LogP contribution in [0, 0.1) is 10.7 Å². The van der Waals surface area contributed by atoms with Crippen molar-refractivity contribution in [3.8, 4) is 5.40 Å². The quantitative estimate of drug-likeness (QED) is 0.597. The van der Waals surface area contributed by atoms with Crippen LogP contribution < -0.4 is 0 Å². The molecule has 0 bridgehead atoms. The van der Waals surface area contributed by atoms with Crippen molar-refractivity contribution in [2.45, 2.75) is 38.4 Å². The molecule has 1 atom stereocenters. The van der Waals surface area contributed by atoms with Crippen LogP contribution in [0.5, 0.6) is 0 Å². The second kappa shape index (κ2) is 3.46. The zero-order chi connectivity index (χ0) is 8.32. The molecule has 3 heteroatoms. The average Bonchev–Trinajstić information content (AvgIpc) is 2.26. The Morgan fingerprint density at radius 2 is 2.45 bits per heavy atom. The van der Waals surface area contributed by atoms with Crippen LogP contribution in [0.4, 0.5) is 0 Å². The maximum absolute atomic E-state index is 8.31. The average molecular weight is 171 g/mol. The lowest BCUT2D eigenvalue weighted by Crippen LogP contribution is -2.20. The van der Waals surface area contributed by atoms with Crippen LogP contribution in [-0.2, 0) is 4.74 Å². The fraction of sp³-hybridized carbons (Fsp3) is 0.875. The Kier molecular flexibility index (Phi) is 2.80. The highest BCUT2D eigenvalue weighted by molar-refractivity contribution is 8.03. The van der Waals surface area contributed by atoms with Gasteiger partial charge < -0.3 is 4.74 Å². The Morgan fingerprint density at radius 3 is 2.91 bits per heavy atom. The number of hydrogen-bond acceptors (Lipinski definition) is 3. The molecule has 1 aliphatic heterocycles. The molecule has 0 saturated carbocycles. The maximum atomic E-state index is 8.31. The molecule has 0 radical (unpaired) electrons. The molecule has 1 saturated heterocycles. The van der Waals surface area contributed by atoms with Crippen molar-refractivity contribution in [1.29, 1.82) is 5.26 Å². The second-order valence-electron chi connectivity index (χ2n) is 3.44. The minimum atomic E-state index is 0.0423. The van der Waals surface area contributed by atoms with Gasteiger partial charge in [0.25, 0.3) is 0 Å². The fourth-order valence-electron chi connectivity index (χ4n) is 1.33. The minimum Gasteiger partial charge on any atom is -0.371 e. The van der Waals surface area contributed by atoms with Gasteiger partial charge in [0.2, 0.25) is 0 Å². The maximum Gasteiger partial charge on any atom is 0.133 e. The van der Waals surface area contributed by atoms with Gasteiger partial charge in [-0.1, -0.05) is 0 Å². The summed E-state index contributed by atoms with van der Waals surface area (Å²) in [5.74, 6) is 0.819. The van der Waals surface area contributed by atoms with E-state index in [0.717, 1.165) is 18.6 Å². The number of nitriles is 1. The summed E-state index contributed by atoms with van der Waals surface area (Å²) in [5.41, 5.74) is 0.0423. The van der Waals surface area contributed by atoms with Gasteiger partial charge in [0.1, 0.15) is 5.40 Å². The van der Waals surface area contributed by atoms with Crippen molar-refractivity contribution in [2.75, 3.05) is 5.75 Å². The third kappa shape index (κ3) is 2.72. The summed E-state index contributed by atoms with van der Waals surface area (Å²) in [6.07, 6.45) is 2.51. The molecule has 0 amide bonds. The molecule has 0 spiro atoms. The van der Waals surface area contributed by atoms with Gasteiger partial charge in [0, 0.05) is 5.75 Å². The zero-order valence-corrected chi connectivity index (χ0v) is 7.78.